The highest BCUT2D eigenvalue weighted by Gasteiger charge is 2.51. The lowest BCUT2D eigenvalue weighted by atomic mass is 9.62. The normalized spacial score (nSPS) is 24.3. The second kappa shape index (κ2) is 12.2. The van der Waals surface area contributed by atoms with Crippen LogP contribution in [0.15, 0.2) is 28.1 Å². The SMILES string of the molecule is C=CCON=C(CCC)C1C(=NOCC)CC(C)(C)C(C(=O)OC)C1=NOCC. The highest BCUT2D eigenvalue weighted by Crippen LogP contribution is 2.42. The summed E-state index contributed by atoms with van der Waals surface area (Å²) in [6, 6.07) is 0. The molecule has 0 aliphatic heterocycles. The summed E-state index contributed by atoms with van der Waals surface area (Å²) in [6.07, 6.45) is 3.63. The van der Waals surface area contributed by atoms with Crippen molar-refractivity contribution >= 4 is 23.1 Å². The van der Waals surface area contributed by atoms with Crippen molar-refractivity contribution in [1.29, 1.82) is 0 Å². The summed E-state index contributed by atoms with van der Waals surface area (Å²) in [7, 11) is 1.38. The molecule has 0 radical (unpaired) electrons. The lowest BCUT2D eigenvalue weighted by Gasteiger charge is -2.41. The van der Waals surface area contributed by atoms with Crippen LogP contribution < -0.4 is 0 Å². The van der Waals surface area contributed by atoms with Crippen LogP contribution in [0.1, 0.15) is 53.9 Å². The number of hydrogen-bond acceptors (Lipinski definition) is 8. The van der Waals surface area contributed by atoms with Gasteiger partial charge >= 0.3 is 5.97 Å². The maximum Gasteiger partial charge on any atom is 0.315 e. The molecule has 2 unspecified atom stereocenters. The van der Waals surface area contributed by atoms with Crippen LogP contribution in [0, 0.1) is 17.3 Å². The third-order valence-corrected chi connectivity index (χ3v) is 4.60. The first-order chi connectivity index (χ1) is 13.9. The molecule has 0 aromatic rings. The Kier molecular flexibility index (Phi) is 10.4. The molecule has 0 amide bonds. The van der Waals surface area contributed by atoms with Crippen molar-refractivity contribution < 1.29 is 24.0 Å². The highest BCUT2D eigenvalue weighted by atomic mass is 16.6. The molecule has 0 saturated heterocycles. The first-order valence-electron chi connectivity index (χ1n) is 10.1. The predicted molar refractivity (Wildman–Crippen MR) is 114 cm³/mol. The highest BCUT2D eigenvalue weighted by molar-refractivity contribution is 6.29. The minimum Gasteiger partial charge on any atom is -0.468 e. The molecule has 0 bridgehead atoms. The van der Waals surface area contributed by atoms with Crippen molar-refractivity contribution in [2.45, 2.75) is 53.9 Å². The molecule has 2 atom stereocenters. The number of carbonyl (C=O) groups excluding carboxylic acids is 1. The topological polar surface area (TPSA) is 91.1 Å². The van der Waals surface area contributed by atoms with E-state index < -0.39 is 17.3 Å². The quantitative estimate of drug-likeness (QED) is 0.169. The molecule has 1 rings (SSSR count). The van der Waals surface area contributed by atoms with Gasteiger partial charge < -0.3 is 19.2 Å². The number of nitrogens with zero attached hydrogens (tertiary/aromatic N) is 3. The lowest BCUT2D eigenvalue weighted by molar-refractivity contribution is -0.146. The van der Waals surface area contributed by atoms with E-state index >= 15 is 0 Å². The number of methoxy groups -OCH3 is 1. The van der Waals surface area contributed by atoms with Crippen molar-refractivity contribution in [2.24, 2.45) is 32.7 Å². The van der Waals surface area contributed by atoms with Gasteiger partial charge in [-0.05, 0) is 32.1 Å². The molecular formula is C21H35N3O5. The minimum absolute atomic E-state index is 0.279. The standard InChI is InChI=1S/C21H35N3O5/c1-8-12-15(22-29-13-9-2)17-16(23-27-10-3)14-21(5,6)18(20(25)26-7)19(17)24-28-11-4/h9,17-18H,2,8,10-14H2,1,3-7H3. The molecule has 0 N–H and O–H groups in total. The monoisotopic (exact) mass is 409 g/mol. The van der Waals surface area contributed by atoms with Gasteiger partial charge in [0.15, 0.2) is 0 Å². The van der Waals surface area contributed by atoms with Crippen molar-refractivity contribution in [3.05, 3.63) is 12.7 Å². The first-order valence-corrected chi connectivity index (χ1v) is 10.1. The second-order valence-electron chi connectivity index (χ2n) is 7.41. The molecule has 1 fully saturated rings. The zero-order valence-electron chi connectivity index (χ0n) is 18.6. The molecular weight excluding hydrogens is 374 g/mol. The van der Waals surface area contributed by atoms with Gasteiger partial charge in [0.1, 0.15) is 25.7 Å². The maximum absolute atomic E-state index is 12.7. The van der Waals surface area contributed by atoms with E-state index in [1.165, 1.54) is 7.11 Å². The smallest absolute Gasteiger partial charge is 0.315 e. The van der Waals surface area contributed by atoms with Crippen molar-refractivity contribution in [3.8, 4) is 0 Å². The summed E-state index contributed by atoms with van der Waals surface area (Å²) in [5.41, 5.74) is 1.48. The van der Waals surface area contributed by atoms with E-state index in [4.69, 9.17) is 19.2 Å². The van der Waals surface area contributed by atoms with Crippen molar-refractivity contribution in [1.82, 2.24) is 0 Å². The molecule has 29 heavy (non-hydrogen) atoms. The fourth-order valence-electron chi connectivity index (χ4n) is 3.48. The molecule has 164 valence electrons. The molecule has 1 aliphatic carbocycles. The molecule has 1 aliphatic rings. The van der Waals surface area contributed by atoms with Gasteiger partial charge in [0.25, 0.3) is 0 Å². The molecule has 1 saturated carbocycles. The summed E-state index contributed by atoms with van der Waals surface area (Å²) in [5.74, 6) is -1.43. The first kappa shape index (κ1) is 24.7. The summed E-state index contributed by atoms with van der Waals surface area (Å²) < 4.78 is 5.11. The third kappa shape index (κ3) is 6.58. The van der Waals surface area contributed by atoms with Crippen molar-refractivity contribution in [2.75, 3.05) is 26.9 Å². The van der Waals surface area contributed by atoms with Crippen LogP contribution in [0.2, 0.25) is 0 Å². The molecule has 0 aromatic carbocycles. The molecule has 8 nitrogen and oxygen atoms in total. The summed E-state index contributed by atoms with van der Waals surface area (Å²) in [4.78, 5) is 28.9. The number of ether oxygens (including phenoxy) is 1. The van der Waals surface area contributed by atoms with E-state index in [1.54, 1.807) is 6.08 Å². The Bertz CT molecular complexity index is 640. The van der Waals surface area contributed by atoms with Crippen LogP contribution in [0.5, 0.6) is 0 Å². The number of rotatable bonds is 11. The van der Waals surface area contributed by atoms with Crippen LogP contribution in [0.25, 0.3) is 0 Å². The van der Waals surface area contributed by atoms with E-state index in [-0.39, 0.29) is 12.6 Å². The third-order valence-electron chi connectivity index (χ3n) is 4.60. The Labute approximate surface area is 174 Å². The van der Waals surface area contributed by atoms with E-state index in [0.717, 1.165) is 17.8 Å². The van der Waals surface area contributed by atoms with Crippen LogP contribution in [-0.2, 0) is 24.0 Å². The zero-order chi connectivity index (χ0) is 21.9. The van der Waals surface area contributed by atoms with Gasteiger partial charge in [-0.15, -0.1) is 0 Å². The Balaban J connectivity index is 3.62. The van der Waals surface area contributed by atoms with Crippen molar-refractivity contribution in [3.63, 3.8) is 0 Å². The average molecular weight is 410 g/mol. The Morgan fingerprint density at radius 1 is 1.17 bits per heavy atom. The van der Waals surface area contributed by atoms with Gasteiger partial charge in [0.2, 0.25) is 0 Å². The number of hydrogen-bond donors (Lipinski definition) is 0. The Hall–Kier alpha value is -2.38. The summed E-state index contributed by atoms with van der Waals surface area (Å²) >= 11 is 0. The van der Waals surface area contributed by atoms with Gasteiger partial charge in [0.05, 0.1) is 30.2 Å². The van der Waals surface area contributed by atoms with Gasteiger partial charge in [-0.1, -0.05) is 55.3 Å². The largest absolute Gasteiger partial charge is 0.468 e. The Morgan fingerprint density at radius 3 is 2.38 bits per heavy atom. The molecule has 0 spiro atoms. The van der Waals surface area contributed by atoms with E-state index in [9.17, 15) is 4.79 Å². The maximum atomic E-state index is 12.7. The van der Waals surface area contributed by atoms with Gasteiger partial charge in [-0.2, -0.15) is 0 Å². The van der Waals surface area contributed by atoms with Crippen LogP contribution >= 0.6 is 0 Å². The minimum atomic E-state index is -0.605. The number of esters is 1. The van der Waals surface area contributed by atoms with E-state index in [0.29, 0.717) is 31.8 Å². The van der Waals surface area contributed by atoms with Gasteiger partial charge in [-0.25, -0.2) is 0 Å². The van der Waals surface area contributed by atoms with Crippen LogP contribution in [-0.4, -0.2) is 50.0 Å². The van der Waals surface area contributed by atoms with Gasteiger partial charge in [-0.3, -0.25) is 4.79 Å². The molecule has 0 aromatic heterocycles. The zero-order valence-corrected chi connectivity index (χ0v) is 18.6. The Morgan fingerprint density at radius 2 is 1.83 bits per heavy atom. The number of oxime groups is 3. The predicted octanol–water partition coefficient (Wildman–Crippen LogP) is 3.97. The molecule has 8 heteroatoms. The fourth-order valence-corrected chi connectivity index (χ4v) is 3.48. The fraction of sp³-hybridized carbons (Fsp3) is 0.714. The second-order valence-corrected chi connectivity index (χ2v) is 7.41. The summed E-state index contributed by atoms with van der Waals surface area (Å²) in [5, 5.41) is 13.0. The van der Waals surface area contributed by atoms with Crippen LogP contribution in [0.3, 0.4) is 0 Å². The average Bonchev–Trinajstić information content (AvgIpc) is 2.69. The van der Waals surface area contributed by atoms with E-state index in [1.807, 2.05) is 34.6 Å². The number of carbonyl (C=O) groups is 1. The summed E-state index contributed by atoms with van der Waals surface area (Å²) in [6.45, 7) is 14.5. The van der Waals surface area contributed by atoms with Crippen LogP contribution in [0.4, 0.5) is 0 Å². The van der Waals surface area contributed by atoms with E-state index in [2.05, 4.69) is 22.0 Å². The van der Waals surface area contributed by atoms with Gasteiger partial charge in [0, 0.05) is 0 Å². The lowest BCUT2D eigenvalue weighted by Crippen LogP contribution is -2.52. The molecule has 0 heterocycles.